The molecular weight excluding hydrogens is 480 g/mol. The maximum Gasteiger partial charge on any atom is 0.306 e. The number of unbranched alkanes of at least 4 members (excludes halogenated alkanes) is 3. The van der Waals surface area contributed by atoms with Crippen LogP contribution in [0.5, 0.6) is 0 Å². The van der Waals surface area contributed by atoms with E-state index in [9.17, 15) is 29.7 Å². The van der Waals surface area contributed by atoms with Gasteiger partial charge < -0.3 is 15.3 Å². The molecule has 38 heavy (non-hydrogen) atoms. The Kier molecular flexibility index (Phi) is 18.7. The topological polar surface area (TPSA) is 112 Å². The van der Waals surface area contributed by atoms with Crippen LogP contribution in [-0.4, -0.2) is 33.2 Å². The van der Waals surface area contributed by atoms with E-state index in [1.54, 1.807) is 0 Å². The van der Waals surface area contributed by atoms with Crippen LogP contribution in [0.3, 0.4) is 0 Å². The van der Waals surface area contributed by atoms with Crippen molar-refractivity contribution in [2.45, 2.75) is 145 Å². The summed E-state index contributed by atoms with van der Waals surface area (Å²) in [5.41, 5.74) is -0.663. The molecule has 3 atom stereocenters. The summed E-state index contributed by atoms with van der Waals surface area (Å²) in [5, 5.41) is 30.1. The van der Waals surface area contributed by atoms with Crippen LogP contribution in [0.15, 0.2) is 0 Å². The Morgan fingerprint density at radius 1 is 0.474 bits per heavy atom. The molecule has 6 heteroatoms. The molecule has 0 saturated heterocycles. The number of rotatable bonds is 24. The number of aliphatic carboxylic acids is 3. The monoisotopic (exact) mass is 540 g/mol. The van der Waals surface area contributed by atoms with Crippen molar-refractivity contribution in [1.82, 2.24) is 0 Å². The van der Waals surface area contributed by atoms with Crippen molar-refractivity contribution >= 4 is 17.9 Å². The summed E-state index contributed by atoms with van der Waals surface area (Å²) in [6, 6.07) is 0. The maximum atomic E-state index is 12.3. The van der Waals surface area contributed by atoms with E-state index in [1.807, 2.05) is 6.92 Å². The third-order valence-electron chi connectivity index (χ3n) is 8.02. The normalized spacial score (nSPS) is 15.9. The van der Waals surface area contributed by atoms with Gasteiger partial charge in [0.05, 0.1) is 17.8 Å². The van der Waals surface area contributed by atoms with E-state index in [4.69, 9.17) is 0 Å². The quantitative estimate of drug-likeness (QED) is 0.105. The zero-order valence-corrected chi connectivity index (χ0v) is 25.6. The van der Waals surface area contributed by atoms with E-state index in [0.29, 0.717) is 56.3 Å². The molecule has 3 N–H and O–H groups in total. The average molecular weight is 541 g/mol. The van der Waals surface area contributed by atoms with Crippen LogP contribution in [-0.2, 0) is 14.4 Å². The van der Waals surface area contributed by atoms with E-state index in [-0.39, 0.29) is 0 Å². The number of hydrogen-bond donors (Lipinski definition) is 3. The van der Waals surface area contributed by atoms with E-state index in [0.717, 1.165) is 57.8 Å². The molecule has 0 spiro atoms. The molecule has 0 bridgehead atoms. The molecule has 0 fully saturated rings. The minimum atomic E-state index is -0.853. The Labute approximate surface area is 233 Å². The molecule has 3 unspecified atom stereocenters. The lowest BCUT2D eigenvalue weighted by Crippen LogP contribution is -2.33. The van der Waals surface area contributed by atoms with E-state index in [2.05, 4.69) is 41.5 Å². The van der Waals surface area contributed by atoms with Crippen LogP contribution in [0.25, 0.3) is 0 Å². The first-order chi connectivity index (χ1) is 17.7. The molecular formula is C32H60O6. The lowest BCUT2D eigenvalue weighted by molar-refractivity contribution is -0.145. The van der Waals surface area contributed by atoms with Crippen molar-refractivity contribution in [3.63, 3.8) is 0 Å². The van der Waals surface area contributed by atoms with Gasteiger partial charge in [0.25, 0.3) is 0 Å². The maximum absolute atomic E-state index is 12.3. The van der Waals surface area contributed by atoms with Gasteiger partial charge in [0.15, 0.2) is 0 Å². The van der Waals surface area contributed by atoms with Crippen molar-refractivity contribution in [2.24, 2.45) is 40.9 Å². The smallest absolute Gasteiger partial charge is 0.306 e. The first-order valence-corrected chi connectivity index (χ1v) is 15.3. The molecule has 0 aliphatic heterocycles. The predicted octanol–water partition coefficient (Wildman–Crippen LogP) is 8.91. The summed E-state index contributed by atoms with van der Waals surface area (Å²) < 4.78 is 0. The molecule has 0 rings (SSSR count). The van der Waals surface area contributed by atoms with Gasteiger partial charge in [0, 0.05) is 0 Å². The fourth-order valence-corrected chi connectivity index (χ4v) is 5.80. The van der Waals surface area contributed by atoms with Crippen LogP contribution in [0, 0.1) is 40.9 Å². The van der Waals surface area contributed by atoms with Crippen LogP contribution in [0.2, 0.25) is 0 Å². The number of hydrogen-bond acceptors (Lipinski definition) is 3. The first kappa shape index (κ1) is 36.4. The molecule has 0 heterocycles. The second-order valence-electron chi connectivity index (χ2n) is 13.6. The Hall–Kier alpha value is -1.59. The summed E-state index contributed by atoms with van der Waals surface area (Å²) in [5.74, 6) is -2.60. The van der Waals surface area contributed by atoms with Gasteiger partial charge >= 0.3 is 17.9 Å². The molecule has 0 aromatic rings. The Bertz CT molecular complexity index is 581. The van der Waals surface area contributed by atoms with E-state index < -0.39 is 41.1 Å². The standard InChI is InChI=1S/C32H60O6/c1-23(2)14-8-11-17-26(29(33)34)20-32(7,21-27(30(35)36)18-12-9-15-24(3)4)22-28(31(37)38)19-13-10-16-25(5)6/h23-28H,8-22H2,1-7H3,(H,33,34)(H,35,36)(H,37,38). The van der Waals surface area contributed by atoms with Gasteiger partial charge in [-0.2, -0.15) is 0 Å². The zero-order chi connectivity index (χ0) is 29.3. The molecule has 0 aromatic carbocycles. The molecule has 0 saturated carbocycles. The fourth-order valence-electron chi connectivity index (χ4n) is 5.80. The predicted molar refractivity (Wildman–Crippen MR) is 155 cm³/mol. The molecule has 6 nitrogen and oxygen atoms in total. The van der Waals surface area contributed by atoms with Crippen LogP contribution >= 0.6 is 0 Å². The number of carboxylic acid groups (broad SMARTS) is 3. The van der Waals surface area contributed by atoms with Gasteiger partial charge in [-0.25, -0.2) is 0 Å². The molecule has 0 amide bonds. The highest BCUT2D eigenvalue weighted by Crippen LogP contribution is 2.43. The highest BCUT2D eigenvalue weighted by molar-refractivity contribution is 5.71. The van der Waals surface area contributed by atoms with Gasteiger partial charge in [0.1, 0.15) is 0 Å². The second kappa shape index (κ2) is 19.5. The van der Waals surface area contributed by atoms with Crippen molar-refractivity contribution < 1.29 is 29.7 Å². The second-order valence-corrected chi connectivity index (χ2v) is 13.6. The van der Waals surface area contributed by atoms with Gasteiger partial charge in [-0.1, -0.05) is 106 Å². The summed E-state index contributed by atoms with van der Waals surface area (Å²) in [7, 11) is 0. The Morgan fingerprint density at radius 2 is 0.684 bits per heavy atom. The highest BCUT2D eigenvalue weighted by atomic mass is 16.4. The Balaban J connectivity index is 5.72. The highest BCUT2D eigenvalue weighted by Gasteiger charge is 2.38. The van der Waals surface area contributed by atoms with Crippen LogP contribution < -0.4 is 0 Å². The van der Waals surface area contributed by atoms with Crippen LogP contribution in [0.4, 0.5) is 0 Å². The van der Waals surface area contributed by atoms with Crippen LogP contribution in [0.1, 0.15) is 145 Å². The van der Waals surface area contributed by atoms with Gasteiger partial charge in [-0.05, 0) is 61.7 Å². The van der Waals surface area contributed by atoms with Gasteiger partial charge in [-0.3, -0.25) is 14.4 Å². The molecule has 0 aliphatic rings. The Morgan fingerprint density at radius 3 is 0.868 bits per heavy atom. The number of carbonyl (C=O) groups is 3. The molecule has 0 aliphatic carbocycles. The zero-order valence-electron chi connectivity index (χ0n) is 25.6. The third-order valence-corrected chi connectivity index (χ3v) is 8.02. The summed E-state index contributed by atoms with van der Waals surface area (Å²) in [6.45, 7) is 14.9. The summed E-state index contributed by atoms with van der Waals surface area (Å²) >= 11 is 0. The molecule has 224 valence electrons. The lowest BCUT2D eigenvalue weighted by atomic mass is 9.67. The third kappa shape index (κ3) is 17.8. The lowest BCUT2D eigenvalue weighted by Gasteiger charge is -2.36. The van der Waals surface area contributed by atoms with Crippen molar-refractivity contribution in [2.75, 3.05) is 0 Å². The molecule has 0 radical (unpaired) electrons. The summed E-state index contributed by atoms with van der Waals surface area (Å²) in [6.07, 6.45) is 11.2. The van der Waals surface area contributed by atoms with E-state index >= 15 is 0 Å². The minimum Gasteiger partial charge on any atom is -0.481 e. The first-order valence-electron chi connectivity index (χ1n) is 15.3. The number of carboxylic acids is 3. The largest absolute Gasteiger partial charge is 0.481 e. The van der Waals surface area contributed by atoms with Crippen molar-refractivity contribution in [1.29, 1.82) is 0 Å². The average Bonchev–Trinajstić information content (AvgIpc) is 2.79. The SMILES string of the molecule is CC(C)CCCCC(CC(C)(CC(CCCCC(C)C)C(=O)O)CC(CCCCC(C)C)C(=O)O)C(=O)O. The van der Waals surface area contributed by atoms with Gasteiger partial charge in [-0.15, -0.1) is 0 Å². The summed E-state index contributed by atoms with van der Waals surface area (Å²) in [4.78, 5) is 36.8. The molecule has 0 aromatic heterocycles. The van der Waals surface area contributed by atoms with Crippen molar-refractivity contribution in [3.8, 4) is 0 Å². The fraction of sp³-hybridized carbons (Fsp3) is 0.906. The van der Waals surface area contributed by atoms with E-state index in [1.165, 1.54) is 0 Å². The van der Waals surface area contributed by atoms with Gasteiger partial charge in [0.2, 0.25) is 0 Å². The minimum absolute atomic E-state index is 0.329. The van der Waals surface area contributed by atoms with Crippen molar-refractivity contribution in [3.05, 3.63) is 0 Å².